The number of hydrogen-bond donors (Lipinski definition) is 3. The Balaban J connectivity index is 1.08. The van der Waals surface area contributed by atoms with E-state index in [1.54, 1.807) is 29.1 Å². The molecule has 0 spiro atoms. The first-order valence-corrected chi connectivity index (χ1v) is 12.9. The number of aryl methyl sites for hydroxylation is 1. The second-order valence-electron chi connectivity index (χ2n) is 9.30. The van der Waals surface area contributed by atoms with Gasteiger partial charge in [-0.05, 0) is 46.5 Å². The fraction of sp³-hybridized carbons (Fsp3) is 0.138. The summed E-state index contributed by atoms with van der Waals surface area (Å²) in [5.41, 5.74) is 5.90. The lowest BCUT2D eigenvalue weighted by Crippen LogP contribution is -2.28. The van der Waals surface area contributed by atoms with Crippen LogP contribution in [0.25, 0.3) is 22.4 Å². The smallest absolute Gasteiger partial charge is 0.353 e. The van der Waals surface area contributed by atoms with E-state index < -0.39 is 5.97 Å². The van der Waals surface area contributed by atoms with Gasteiger partial charge in [-0.2, -0.15) is 5.10 Å². The van der Waals surface area contributed by atoms with Crippen molar-refractivity contribution in [2.45, 2.75) is 25.6 Å². The molecule has 10 nitrogen and oxygen atoms in total. The maximum atomic E-state index is 12.9. The third-order valence-corrected chi connectivity index (χ3v) is 6.93. The number of benzene rings is 3. The molecule has 0 atom stereocenters. The van der Waals surface area contributed by atoms with Crippen molar-refractivity contribution in [3.8, 4) is 28.1 Å². The molecule has 0 unspecified atom stereocenters. The predicted molar refractivity (Wildman–Crippen MR) is 147 cm³/mol. The van der Waals surface area contributed by atoms with Crippen molar-refractivity contribution in [2.24, 2.45) is 0 Å². The predicted octanol–water partition coefficient (Wildman–Crippen LogP) is 4.88. The lowest BCUT2D eigenvalue weighted by molar-refractivity contribution is -0.121. The van der Waals surface area contributed by atoms with Crippen LogP contribution in [0.5, 0.6) is 5.75 Å². The minimum atomic E-state index is -1.12. The molecule has 2 aromatic heterocycles. The molecule has 1 aliphatic carbocycles. The van der Waals surface area contributed by atoms with Crippen molar-refractivity contribution in [3.63, 3.8) is 0 Å². The summed E-state index contributed by atoms with van der Waals surface area (Å²) in [6.45, 7) is 0.457. The number of nitrogens with one attached hydrogen (secondary N) is 2. The van der Waals surface area contributed by atoms with Gasteiger partial charge in [0.1, 0.15) is 23.7 Å². The van der Waals surface area contributed by atoms with Gasteiger partial charge in [0, 0.05) is 17.0 Å². The molecule has 5 aromatic rings. The van der Waals surface area contributed by atoms with Crippen molar-refractivity contribution in [3.05, 3.63) is 107 Å². The van der Waals surface area contributed by atoms with Crippen LogP contribution >= 0.6 is 11.6 Å². The minimum absolute atomic E-state index is 0.0470. The molecule has 1 amide bonds. The Morgan fingerprint density at radius 2 is 1.73 bits per heavy atom. The normalized spacial score (nSPS) is 12.1. The molecular weight excluding hydrogens is 532 g/mol. The van der Waals surface area contributed by atoms with E-state index in [0.29, 0.717) is 34.3 Å². The van der Waals surface area contributed by atoms with Crippen LogP contribution in [0.1, 0.15) is 39.8 Å². The number of fused-ring (bicyclic) bond motifs is 3. The number of hydrogen-bond acceptors (Lipinski definition) is 6. The number of nitrogens with zero attached hydrogens (tertiary/aromatic N) is 4. The van der Waals surface area contributed by atoms with Crippen LogP contribution in [0, 0.1) is 0 Å². The highest BCUT2D eigenvalue weighted by atomic mass is 35.5. The SMILES string of the molecule is O=C(CCn1cc(COc2ccc(Cl)cc2-c2cc(C(=O)O)[nH]n2)nn1)NC1c2ccccc2-c2ccccc21. The average Bonchev–Trinajstić information content (AvgIpc) is 3.70. The topological polar surface area (TPSA) is 135 Å². The van der Waals surface area contributed by atoms with Crippen molar-refractivity contribution >= 4 is 23.5 Å². The van der Waals surface area contributed by atoms with Gasteiger partial charge in [-0.25, -0.2) is 4.79 Å². The Labute approximate surface area is 233 Å². The molecule has 40 heavy (non-hydrogen) atoms. The van der Waals surface area contributed by atoms with E-state index in [-0.39, 0.29) is 30.7 Å². The maximum absolute atomic E-state index is 12.9. The monoisotopic (exact) mass is 554 g/mol. The largest absolute Gasteiger partial charge is 0.486 e. The Morgan fingerprint density at radius 1 is 1.00 bits per heavy atom. The summed E-state index contributed by atoms with van der Waals surface area (Å²) in [6, 6.07) is 22.5. The number of rotatable bonds is 9. The van der Waals surface area contributed by atoms with Gasteiger partial charge >= 0.3 is 5.97 Å². The zero-order valence-corrected chi connectivity index (χ0v) is 21.8. The Kier molecular flexibility index (Phi) is 6.75. The average molecular weight is 555 g/mol. The van der Waals surface area contributed by atoms with Crippen molar-refractivity contribution in [1.29, 1.82) is 0 Å². The van der Waals surface area contributed by atoms with E-state index in [4.69, 9.17) is 16.3 Å². The molecule has 200 valence electrons. The number of aromatic carboxylic acids is 1. The quantitative estimate of drug-likeness (QED) is 0.236. The van der Waals surface area contributed by atoms with Crippen molar-refractivity contribution in [2.75, 3.05) is 0 Å². The van der Waals surface area contributed by atoms with Gasteiger partial charge in [-0.1, -0.05) is 65.3 Å². The highest BCUT2D eigenvalue weighted by Crippen LogP contribution is 2.43. The molecule has 2 heterocycles. The van der Waals surface area contributed by atoms with E-state index >= 15 is 0 Å². The lowest BCUT2D eigenvalue weighted by atomic mass is 10.1. The summed E-state index contributed by atoms with van der Waals surface area (Å²) in [4.78, 5) is 24.1. The van der Waals surface area contributed by atoms with E-state index in [1.165, 1.54) is 6.07 Å². The molecule has 3 aromatic carbocycles. The van der Waals surface area contributed by atoms with Crippen LogP contribution in [-0.2, 0) is 17.9 Å². The van der Waals surface area contributed by atoms with Crippen LogP contribution in [-0.4, -0.2) is 42.2 Å². The van der Waals surface area contributed by atoms with E-state index in [0.717, 1.165) is 22.3 Å². The van der Waals surface area contributed by atoms with Crippen molar-refractivity contribution < 1.29 is 19.4 Å². The summed E-state index contributed by atoms with van der Waals surface area (Å²) in [5, 5.41) is 27.6. The number of amides is 1. The second kappa shape index (κ2) is 10.7. The molecule has 0 aliphatic heterocycles. The summed E-state index contributed by atoms with van der Waals surface area (Å²) in [5.74, 6) is -0.749. The van der Waals surface area contributed by atoms with Crippen LogP contribution in [0.15, 0.2) is 79.0 Å². The summed E-state index contributed by atoms with van der Waals surface area (Å²) < 4.78 is 7.54. The number of ether oxygens (including phenoxy) is 1. The number of carbonyl (C=O) groups excluding carboxylic acids is 1. The summed E-state index contributed by atoms with van der Waals surface area (Å²) in [7, 11) is 0. The number of halogens is 1. The van der Waals surface area contributed by atoms with Crippen molar-refractivity contribution in [1.82, 2.24) is 30.5 Å². The maximum Gasteiger partial charge on any atom is 0.353 e. The van der Waals surface area contributed by atoms with Gasteiger partial charge in [0.05, 0.1) is 24.5 Å². The van der Waals surface area contributed by atoms with E-state index in [1.807, 2.05) is 36.4 Å². The second-order valence-corrected chi connectivity index (χ2v) is 9.74. The Bertz CT molecular complexity index is 1680. The molecule has 0 bridgehead atoms. The zero-order valence-electron chi connectivity index (χ0n) is 21.0. The van der Waals surface area contributed by atoms with Gasteiger partial charge < -0.3 is 15.2 Å². The Hall–Kier alpha value is -4.96. The lowest BCUT2D eigenvalue weighted by Gasteiger charge is -2.16. The van der Waals surface area contributed by atoms with Crippen LogP contribution < -0.4 is 10.1 Å². The fourth-order valence-corrected chi connectivity index (χ4v) is 5.00. The third-order valence-electron chi connectivity index (χ3n) is 6.69. The summed E-state index contributed by atoms with van der Waals surface area (Å²) >= 11 is 6.15. The third kappa shape index (κ3) is 5.04. The number of H-pyrrole nitrogens is 1. The molecule has 11 heteroatoms. The first kappa shape index (κ1) is 25.3. The van der Waals surface area contributed by atoms with E-state index in [9.17, 15) is 14.7 Å². The molecular formula is C29H23ClN6O4. The first-order chi connectivity index (χ1) is 19.5. The Morgan fingerprint density at radius 3 is 2.42 bits per heavy atom. The number of aromatic nitrogens is 5. The minimum Gasteiger partial charge on any atom is -0.486 e. The van der Waals surface area contributed by atoms with Gasteiger partial charge in [-0.15, -0.1) is 5.10 Å². The standard InChI is InChI=1S/C29H23ClN6O4/c30-17-9-10-26(23(13-17)24-14-25(29(38)39)34-33-24)40-16-18-15-36(35-32-18)12-11-27(37)31-28-21-7-3-1-5-19(21)20-6-2-4-8-22(20)28/h1-10,13-15,28H,11-12,16H2,(H,31,37)(H,33,34)(H,38,39). The fourth-order valence-electron chi connectivity index (χ4n) is 4.82. The van der Waals surface area contributed by atoms with Gasteiger partial charge in [0.2, 0.25) is 5.91 Å². The first-order valence-electron chi connectivity index (χ1n) is 12.5. The molecule has 0 fully saturated rings. The van der Waals surface area contributed by atoms with Gasteiger partial charge in [0.25, 0.3) is 0 Å². The zero-order chi connectivity index (χ0) is 27.6. The molecule has 0 saturated carbocycles. The molecule has 6 rings (SSSR count). The molecule has 3 N–H and O–H groups in total. The number of aromatic amines is 1. The highest BCUT2D eigenvalue weighted by Gasteiger charge is 2.29. The van der Waals surface area contributed by atoms with Gasteiger partial charge in [-0.3, -0.25) is 14.6 Å². The van der Waals surface area contributed by atoms with Gasteiger partial charge in [0.15, 0.2) is 0 Å². The molecule has 0 radical (unpaired) electrons. The van der Waals surface area contributed by atoms with Crippen LogP contribution in [0.2, 0.25) is 5.02 Å². The number of carboxylic acids is 1. The van der Waals surface area contributed by atoms with Crippen LogP contribution in [0.3, 0.4) is 0 Å². The number of carboxylic acid groups (broad SMARTS) is 1. The highest BCUT2D eigenvalue weighted by molar-refractivity contribution is 6.31. The summed E-state index contributed by atoms with van der Waals surface area (Å²) in [6.07, 6.45) is 1.96. The molecule has 0 saturated heterocycles. The van der Waals surface area contributed by atoms with Crippen LogP contribution in [0.4, 0.5) is 0 Å². The van der Waals surface area contributed by atoms with E-state index in [2.05, 4.69) is 38.0 Å². The number of carbonyl (C=O) groups is 2. The molecule has 1 aliphatic rings.